The van der Waals surface area contributed by atoms with Crippen LogP contribution in [0.15, 0.2) is 18.3 Å². The largest absolute Gasteiger partial charge is 0.384 e. The summed E-state index contributed by atoms with van der Waals surface area (Å²) in [6, 6.07) is 3.68. The molecule has 0 saturated heterocycles. The van der Waals surface area contributed by atoms with E-state index in [0.717, 1.165) is 5.56 Å². The number of carbonyl (C=O) groups excluding carboxylic acids is 1. The minimum absolute atomic E-state index is 0.0888. The number of nitrogens with zero attached hydrogens (tertiary/aromatic N) is 3. The van der Waals surface area contributed by atoms with Crippen molar-refractivity contribution in [2.75, 3.05) is 33.4 Å². The van der Waals surface area contributed by atoms with Gasteiger partial charge in [-0.05, 0) is 18.7 Å². The van der Waals surface area contributed by atoms with E-state index in [-0.39, 0.29) is 5.91 Å². The normalized spacial score (nSPS) is 10.5. The molecule has 0 aliphatic heterocycles. The van der Waals surface area contributed by atoms with E-state index in [0.29, 0.717) is 18.9 Å². The Morgan fingerprint density at radius 1 is 1.38 bits per heavy atom. The van der Waals surface area contributed by atoms with Gasteiger partial charge >= 0.3 is 0 Å². The smallest absolute Gasteiger partial charge is 0.236 e. The summed E-state index contributed by atoms with van der Waals surface area (Å²) in [4.78, 5) is 19.0. The van der Waals surface area contributed by atoms with Crippen LogP contribution in [0.3, 0.4) is 0 Å². The maximum absolute atomic E-state index is 11.4. The van der Waals surface area contributed by atoms with Gasteiger partial charge in [-0.1, -0.05) is 6.07 Å². The van der Waals surface area contributed by atoms with Crippen molar-refractivity contribution in [2.24, 2.45) is 0 Å². The van der Waals surface area contributed by atoms with Crippen LogP contribution in [-0.4, -0.2) is 48.4 Å². The number of anilines is 1. The summed E-state index contributed by atoms with van der Waals surface area (Å²) in [5, 5.41) is 0. The third kappa shape index (κ3) is 3.86. The van der Waals surface area contributed by atoms with Crippen LogP contribution in [0.4, 0.5) is 5.82 Å². The molecule has 0 unspecified atom stereocenters. The maximum Gasteiger partial charge on any atom is 0.236 e. The highest BCUT2D eigenvalue weighted by Gasteiger charge is 2.08. The van der Waals surface area contributed by atoms with Gasteiger partial charge in [0.15, 0.2) is 0 Å². The first-order chi connectivity index (χ1) is 7.49. The minimum atomic E-state index is 0.0888. The summed E-state index contributed by atoms with van der Waals surface area (Å²) in [6.45, 7) is 1.09. The monoisotopic (exact) mass is 222 g/mol. The second kappa shape index (κ2) is 5.46. The lowest BCUT2D eigenvalue weighted by atomic mass is 10.2. The molecule has 0 fully saturated rings. The summed E-state index contributed by atoms with van der Waals surface area (Å²) in [5.74, 6) is 0.599. The van der Waals surface area contributed by atoms with Crippen LogP contribution in [0.2, 0.25) is 0 Å². The van der Waals surface area contributed by atoms with E-state index in [9.17, 15) is 4.79 Å². The van der Waals surface area contributed by atoms with E-state index in [1.54, 1.807) is 31.3 Å². The van der Waals surface area contributed by atoms with E-state index in [4.69, 9.17) is 5.73 Å². The number of nitrogens with two attached hydrogens (primary N) is 1. The molecule has 88 valence electrons. The lowest BCUT2D eigenvalue weighted by molar-refractivity contribution is -0.129. The first-order valence-corrected chi connectivity index (χ1v) is 5.08. The summed E-state index contributed by atoms with van der Waals surface area (Å²) >= 11 is 0. The van der Waals surface area contributed by atoms with Gasteiger partial charge in [0, 0.05) is 26.8 Å². The van der Waals surface area contributed by atoms with Crippen LogP contribution >= 0.6 is 0 Å². The van der Waals surface area contributed by atoms with Gasteiger partial charge in [-0.3, -0.25) is 9.69 Å². The molecule has 0 aliphatic rings. The van der Waals surface area contributed by atoms with Crippen molar-refractivity contribution in [1.82, 2.24) is 14.8 Å². The van der Waals surface area contributed by atoms with Crippen LogP contribution in [-0.2, 0) is 11.3 Å². The van der Waals surface area contributed by atoms with Gasteiger partial charge in [-0.25, -0.2) is 4.98 Å². The van der Waals surface area contributed by atoms with Crippen LogP contribution in [0.5, 0.6) is 0 Å². The van der Waals surface area contributed by atoms with Crippen molar-refractivity contribution in [1.29, 1.82) is 0 Å². The third-order valence-corrected chi connectivity index (χ3v) is 2.20. The molecule has 0 saturated carbocycles. The first-order valence-electron chi connectivity index (χ1n) is 5.08. The minimum Gasteiger partial charge on any atom is -0.384 e. The first kappa shape index (κ1) is 12.4. The Balaban J connectivity index is 2.48. The topological polar surface area (TPSA) is 62.5 Å². The number of hydrogen-bond acceptors (Lipinski definition) is 4. The molecule has 0 spiro atoms. The quantitative estimate of drug-likeness (QED) is 0.789. The Morgan fingerprint density at radius 3 is 2.56 bits per heavy atom. The van der Waals surface area contributed by atoms with Gasteiger partial charge in [-0.2, -0.15) is 0 Å². The van der Waals surface area contributed by atoms with Crippen LogP contribution in [0, 0.1) is 0 Å². The summed E-state index contributed by atoms with van der Waals surface area (Å²) in [7, 11) is 5.40. The molecule has 0 atom stereocenters. The zero-order valence-corrected chi connectivity index (χ0v) is 9.97. The predicted molar refractivity (Wildman–Crippen MR) is 63.7 cm³/mol. The number of carbonyl (C=O) groups is 1. The number of likely N-dealkylation sites (N-methyl/N-ethyl adjacent to an activating group) is 2. The summed E-state index contributed by atoms with van der Waals surface area (Å²) in [6.07, 6.45) is 1.73. The average Bonchev–Trinajstić information content (AvgIpc) is 2.21. The van der Waals surface area contributed by atoms with Gasteiger partial charge in [0.1, 0.15) is 5.82 Å². The molecular formula is C11H18N4O. The Hall–Kier alpha value is -1.62. The molecule has 0 radical (unpaired) electrons. The number of pyridine rings is 1. The molecule has 1 aromatic heterocycles. The second-order valence-corrected chi connectivity index (χ2v) is 4.05. The number of amides is 1. The number of nitrogen functional groups attached to an aromatic ring is 1. The molecule has 0 aliphatic carbocycles. The van der Waals surface area contributed by atoms with E-state index in [1.165, 1.54) is 0 Å². The van der Waals surface area contributed by atoms with Crippen molar-refractivity contribution in [3.8, 4) is 0 Å². The third-order valence-electron chi connectivity index (χ3n) is 2.20. The number of rotatable bonds is 4. The van der Waals surface area contributed by atoms with Crippen LogP contribution in [0.25, 0.3) is 0 Å². The highest BCUT2D eigenvalue weighted by molar-refractivity contribution is 5.77. The van der Waals surface area contributed by atoms with Crippen molar-refractivity contribution < 1.29 is 4.79 Å². The lowest BCUT2D eigenvalue weighted by Gasteiger charge is -2.18. The predicted octanol–water partition coefficient (Wildman–Crippen LogP) is 0.184. The molecular weight excluding hydrogens is 204 g/mol. The average molecular weight is 222 g/mol. The lowest BCUT2D eigenvalue weighted by Crippen LogP contribution is -2.34. The molecule has 5 nitrogen and oxygen atoms in total. The molecule has 16 heavy (non-hydrogen) atoms. The highest BCUT2D eigenvalue weighted by Crippen LogP contribution is 2.04. The fourth-order valence-electron chi connectivity index (χ4n) is 1.27. The highest BCUT2D eigenvalue weighted by atomic mass is 16.2. The zero-order valence-electron chi connectivity index (χ0n) is 9.97. The van der Waals surface area contributed by atoms with Gasteiger partial charge in [0.05, 0.1) is 6.54 Å². The van der Waals surface area contributed by atoms with Crippen molar-refractivity contribution in [3.05, 3.63) is 23.9 Å². The molecule has 2 N–H and O–H groups in total. The molecule has 5 heteroatoms. The van der Waals surface area contributed by atoms with Gasteiger partial charge in [0.25, 0.3) is 0 Å². The van der Waals surface area contributed by atoms with Crippen LogP contribution in [0.1, 0.15) is 5.56 Å². The van der Waals surface area contributed by atoms with E-state index in [1.807, 2.05) is 18.0 Å². The van der Waals surface area contributed by atoms with E-state index in [2.05, 4.69) is 4.98 Å². The zero-order chi connectivity index (χ0) is 12.1. The summed E-state index contributed by atoms with van der Waals surface area (Å²) < 4.78 is 0. The Morgan fingerprint density at radius 2 is 2.06 bits per heavy atom. The molecule has 0 bridgehead atoms. The van der Waals surface area contributed by atoms with Gasteiger partial charge in [-0.15, -0.1) is 0 Å². The molecule has 1 amide bonds. The summed E-state index contributed by atoms with van der Waals surface area (Å²) in [5.41, 5.74) is 6.54. The van der Waals surface area contributed by atoms with Crippen LogP contribution < -0.4 is 5.73 Å². The van der Waals surface area contributed by atoms with Gasteiger partial charge in [0.2, 0.25) is 5.91 Å². The number of aromatic nitrogens is 1. The Labute approximate surface area is 95.9 Å². The standard InChI is InChI=1S/C11H18N4O/c1-14(2)11(16)8-15(3)7-9-4-5-10(12)13-6-9/h4-6H,7-8H2,1-3H3,(H2,12,13). The Kier molecular flexibility index (Phi) is 4.25. The number of hydrogen-bond donors (Lipinski definition) is 1. The second-order valence-electron chi connectivity index (χ2n) is 4.05. The van der Waals surface area contributed by atoms with Crippen molar-refractivity contribution in [2.45, 2.75) is 6.54 Å². The fraction of sp³-hybridized carbons (Fsp3) is 0.455. The van der Waals surface area contributed by atoms with E-state index >= 15 is 0 Å². The van der Waals surface area contributed by atoms with Crippen molar-refractivity contribution >= 4 is 11.7 Å². The molecule has 1 rings (SSSR count). The molecule has 0 aromatic carbocycles. The molecule has 1 aromatic rings. The maximum atomic E-state index is 11.4. The SMILES string of the molecule is CN(CC(=O)N(C)C)Cc1ccc(N)nc1. The van der Waals surface area contributed by atoms with Gasteiger partial charge < -0.3 is 10.6 Å². The van der Waals surface area contributed by atoms with E-state index < -0.39 is 0 Å². The van der Waals surface area contributed by atoms with Crippen molar-refractivity contribution in [3.63, 3.8) is 0 Å². The molecule has 1 heterocycles. The Bertz CT molecular complexity index is 348. The fourth-order valence-corrected chi connectivity index (χ4v) is 1.27.